The molecular weight excluding hydrogens is 280 g/mol. The summed E-state index contributed by atoms with van der Waals surface area (Å²) >= 11 is 0. The zero-order valence-electron chi connectivity index (χ0n) is 12.8. The standard InChI is InChI=1S/C19H21F2N/c1-2-22-10-9-19-17-7-5-15(20)11-13(17)3-4-14-12-16(21)6-8-18(14)19/h5-8,11-12,19,22H,2-4,9-10H2,1H3. The van der Waals surface area contributed by atoms with Crippen LogP contribution in [0.15, 0.2) is 36.4 Å². The first-order valence-corrected chi connectivity index (χ1v) is 7.96. The second-order valence-corrected chi connectivity index (χ2v) is 5.88. The number of nitrogens with one attached hydrogen (secondary N) is 1. The van der Waals surface area contributed by atoms with Crippen LogP contribution >= 0.6 is 0 Å². The van der Waals surface area contributed by atoms with Crippen LogP contribution in [0.1, 0.15) is 41.5 Å². The fourth-order valence-corrected chi connectivity index (χ4v) is 3.43. The van der Waals surface area contributed by atoms with Crippen LogP contribution in [0.2, 0.25) is 0 Å². The van der Waals surface area contributed by atoms with E-state index in [1.165, 1.54) is 23.3 Å². The van der Waals surface area contributed by atoms with Gasteiger partial charge in [0.2, 0.25) is 0 Å². The molecule has 1 N–H and O–H groups in total. The molecule has 0 saturated carbocycles. The molecule has 0 unspecified atom stereocenters. The van der Waals surface area contributed by atoms with E-state index >= 15 is 0 Å². The molecule has 2 aromatic carbocycles. The van der Waals surface area contributed by atoms with Crippen LogP contribution in [0.3, 0.4) is 0 Å². The Hall–Kier alpha value is -1.74. The third-order valence-corrected chi connectivity index (χ3v) is 4.48. The molecule has 0 bridgehead atoms. The molecule has 116 valence electrons. The van der Waals surface area contributed by atoms with Gasteiger partial charge in [-0.1, -0.05) is 19.1 Å². The van der Waals surface area contributed by atoms with Crippen molar-refractivity contribution in [2.45, 2.75) is 32.1 Å². The van der Waals surface area contributed by atoms with Gasteiger partial charge in [-0.2, -0.15) is 0 Å². The maximum Gasteiger partial charge on any atom is 0.123 e. The molecule has 22 heavy (non-hydrogen) atoms. The smallest absolute Gasteiger partial charge is 0.123 e. The Morgan fingerprint density at radius 1 is 0.955 bits per heavy atom. The largest absolute Gasteiger partial charge is 0.317 e. The quantitative estimate of drug-likeness (QED) is 0.835. The van der Waals surface area contributed by atoms with Crippen LogP contribution < -0.4 is 5.32 Å². The van der Waals surface area contributed by atoms with E-state index in [0.29, 0.717) is 0 Å². The molecule has 1 aliphatic carbocycles. The zero-order chi connectivity index (χ0) is 15.5. The van der Waals surface area contributed by atoms with Gasteiger partial charge in [0, 0.05) is 5.92 Å². The number of aryl methyl sites for hydroxylation is 2. The Balaban J connectivity index is 2.04. The molecule has 1 aliphatic rings. The summed E-state index contributed by atoms with van der Waals surface area (Å²) in [5, 5.41) is 3.35. The van der Waals surface area contributed by atoms with Crippen molar-refractivity contribution in [1.82, 2.24) is 5.32 Å². The van der Waals surface area contributed by atoms with Crippen molar-refractivity contribution < 1.29 is 8.78 Å². The minimum absolute atomic E-state index is 0.193. The lowest BCUT2D eigenvalue weighted by atomic mass is 9.85. The number of hydrogen-bond donors (Lipinski definition) is 1. The summed E-state index contributed by atoms with van der Waals surface area (Å²) in [6, 6.07) is 10.1. The minimum atomic E-state index is -0.193. The predicted octanol–water partition coefficient (Wildman–Crippen LogP) is 4.19. The Morgan fingerprint density at radius 3 is 2.00 bits per heavy atom. The van der Waals surface area contributed by atoms with Crippen molar-refractivity contribution in [3.8, 4) is 0 Å². The molecular formula is C19H21F2N. The van der Waals surface area contributed by atoms with E-state index in [0.717, 1.165) is 43.5 Å². The van der Waals surface area contributed by atoms with Crippen molar-refractivity contribution in [2.75, 3.05) is 13.1 Å². The van der Waals surface area contributed by atoms with Gasteiger partial charge in [0.15, 0.2) is 0 Å². The highest BCUT2D eigenvalue weighted by Gasteiger charge is 2.24. The van der Waals surface area contributed by atoms with Crippen LogP contribution in [-0.4, -0.2) is 13.1 Å². The number of halogens is 2. The van der Waals surface area contributed by atoms with E-state index in [2.05, 4.69) is 12.2 Å². The molecule has 3 rings (SSSR count). The van der Waals surface area contributed by atoms with Gasteiger partial charge in [0.1, 0.15) is 11.6 Å². The van der Waals surface area contributed by atoms with E-state index in [1.807, 2.05) is 12.1 Å². The second-order valence-electron chi connectivity index (χ2n) is 5.88. The summed E-state index contributed by atoms with van der Waals surface area (Å²) in [6.07, 6.45) is 2.47. The van der Waals surface area contributed by atoms with Crippen molar-refractivity contribution in [3.05, 3.63) is 70.3 Å². The predicted molar refractivity (Wildman–Crippen MR) is 85.2 cm³/mol. The highest BCUT2D eigenvalue weighted by Crippen LogP contribution is 2.36. The van der Waals surface area contributed by atoms with Gasteiger partial charge in [-0.3, -0.25) is 0 Å². The molecule has 0 aliphatic heterocycles. The van der Waals surface area contributed by atoms with Gasteiger partial charge < -0.3 is 5.32 Å². The number of hydrogen-bond acceptors (Lipinski definition) is 1. The van der Waals surface area contributed by atoms with E-state index in [4.69, 9.17) is 0 Å². The first-order valence-electron chi connectivity index (χ1n) is 7.96. The third-order valence-electron chi connectivity index (χ3n) is 4.48. The van der Waals surface area contributed by atoms with Gasteiger partial charge in [0.05, 0.1) is 0 Å². The molecule has 0 aromatic heterocycles. The molecule has 1 nitrogen and oxygen atoms in total. The summed E-state index contributed by atoms with van der Waals surface area (Å²) in [5.41, 5.74) is 4.48. The molecule has 0 radical (unpaired) electrons. The molecule has 0 saturated heterocycles. The maximum atomic E-state index is 13.6. The SMILES string of the molecule is CCNCCC1c2ccc(F)cc2CCc2cc(F)ccc21. The second kappa shape index (κ2) is 6.57. The average Bonchev–Trinajstić information content (AvgIpc) is 2.64. The van der Waals surface area contributed by atoms with E-state index in [9.17, 15) is 8.78 Å². The molecule has 0 atom stereocenters. The fourth-order valence-electron chi connectivity index (χ4n) is 3.43. The lowest BCUT2D eigenvalue weighted by molar-refractivity contribution is 0.609. The summed E-state index contributed by atoms with van der Waals surface area (Å²) in [6.45, 7) is 3.91. The monoisotopic (exact) mass is 301 g/mol. The van der Waals surface area contributed by atoms with Crippen molar-refractivity contribution in [1.29, 1.82) is 0 Å². The summed E-state index contributed by atoms with van der Waals surface area (Å²) in [7, 11) is 0. The number of benzene rings is 2. The van der Waals surface area contributed by atoms with Gasteiger partial charge >= 0.3 is 0 Å². The first kappa shape index (κ1) is 15.2. The summed E-state index contributed by atoms with van der Waals surface area (Å²) in [4.78, 5) is 0. The molecule has 2 aromatic rings. The molecule has 0 spiro atoms. The average molecular weight is 301 g/mol. The molecule has 0 fully saturated rings. The Bertz CT molecular complexity index is 613. The van der Waals surface area contributed by atoms with Crippen LogP contribution in [0, 0.1) is 11.6 Å². The Kier molecular flexibility index (Phi) is 4.53. The Morgan fingerprint density at radius 2 is 1.50 bits per heavy atom. The van der Waals surface area contributed by atoms with E-state index in [1.54, 1.807) is 12.1 Å². The van der Waals surface area contributed by atoms with Gasteiger partial charge in [-0.15, -0.1) is 0 Å². The summed E-state index contributed by atoms with van der Waals surface area (Å²) < 4.78 is 27.2. The van der Waals surface area contributed by atoms with Gasteiger partial charge in [0.25, 0.3) is 0 Å². The van der Waals surface area contributed by atoms with Gasteiger partial charge in [-0.25, -0.2) is 8.78 Å². The zero-order valence-corrected chi connectivity index (χ0v) is 12.8. The van der Waals surface area contributed by atoms with Gasteiger partial charge in [-0.05, 0) is 78.9 Å². The maximum absolute atomic E-state index is 13.6. The van der Waals surface area contributed by atoms with Crippen LogP contribution in [-0.2, 0) is 12.8 Å². The normalized spacial score (nSPS) is 14.3. The van der Waals surface area contributed by atoms with Crippen LogP contribution in [0.5, 0.6) is 0 Å². The lowest BCUT2D eigenvalue weighted by Crippen LogP contribution is -2.18. The number of rotatable bonds is 4. The van der Waals surface area contributed by atoms with E-state index in [-0.39, 0.29) is 17.6 Å². The summed E-state index contributed by atoms with van der Waals surface area (Å²) in [5.74, 6) is -0.185. The fraction of sp³-hybridized carbons (Fsp3) is 0.368. The Labute approximate surface area is 130 Å². The highest BCUT2D eigenvalue weighted by molar-refractivity contribution is 5.45. The van der Waals surface area contributed by atoms with Crippen molar-refractivity contribution in [2.24, 2.45) is 0 Å². The lowest BCUT2D eigenvalue weighted by Gasteiger charge is -2.20. The number of fused-ring (bicyclic) bond motifs is 2. The minimum Gasteiger partial charge on any atom is -0.317 e. The van der Waals surface area contributed by atoms with E-state index < -0.39 is 0 Å². The third kappa shape index (κ3) is 3.05. The first-order chi connectivity index (χ1) is 10.7. The molecule has 0 heterocycles. The van der Waals surface area contributed by atoms with Crippen LogP contribution in [0.25, 0.3) is 0 Å². The molecule has 0 amide bonds. The van der Waals surface area contributed by atoms with Crippen molar-refractivity contribution in [3.63, 3.8) is 0 Å². The van der Waals surface area contributed by atoms with Crippen LogP contribution in [0.4, 0.5) is 8.78 Å². The highest BCUT2D eigenvalue weighted by atomic mass is 19.1. The molecule has 3 heteroatoms. The topological polar surface area (TPSA) is 12.0 Å². The van der Waals surface area contributed by atoms with Crippen molar-refractivity contribution >= 4 is 0 Å².